The molecule has 0 spiro atoms. The van der Waals surface area contributed by atoms with Crippen LogP contribution >= 0.6 is 23.2 Å². The van der Waals surface area contributed by atoms with Crippen LogP contribution in [0.1, 0.15) is 38.2 Å². The maximum atomic E-state index is 6.02. The summed E-state index contributed by atoms with van der Waals surface area (Å²) in [6.45, 7) is 4.30. The Bertz CT molecular complexity index is 358. The molecule has 1 heterocycles. The molecule has 0 aromatic heterocycles. The standard InChI is InChI=1S/C13H16Cl2O/c1-3-9(6-13-8(2)16-13)10-4-11(14)7-12(15)5-10/h4-5,7-9,13H,3,6H2,1-2H3. The quantitative estimate of drug-likeness (QED) is 0.716. The van der Waals surface area contributed by atoms with Crippen molar-refractivity contribution in [2.24, 2.45) is 0 Å². The van der Waals surface area contributed by atoms with Crippen LogP contribution in [0.4, 0.5) is 0 Å². The van der Waals surface area contributed by atoms with E-state index in [-0.39, 0.29) is 0 Å². The van der Waals surface area contributed by atoms with E-state index in [4.69, 9.17) is 27.9 Å². The number of rotatable bonds is 4. The molecule has 2 rings (SSSR count). The molecule has 88 valence electrons. The van der Waals surface area contributed by atoms with E-state index < -0.39 is 0 Å². The minimum absolute atomic E-state index is 0.419. The van der Waals surface area contributed by atoms with Gasteiger partial charge < -0.3 is 4.74 Å². The topological polar surface area (TPSA) is 12.5 Å². The van der Waals surface area contributed by atoms with E-state index in [2.05, 4.69) is 13.8 Å². The Kier molecular flexibility index (Phi) is 3.78. The molecular formula is C13H16Cl2O. The lowest BCUT2D eigenvalue weighted by Gasteiger charge is -2.14. The predicted molar refractivity (Wildman–Crippen MR) is 68.4 cm³/mol. The third kappa shape index (κ3) is 2.91. The highest BCUT2D eigenvalue weighted by molar-refractivity contribution is 6.34. The predicted octanol–water partition coefficient (Wildman–Crippen LogP) is 4.66. The van der Waals surface area contributed by atoms with Crippen LogP contribution in [0.15, 0.2) is 18.2 Å². The first-order valence-electron chi connectivity index (χ1n) is 5.71. The average Bonchev–Trinajstić information content (AvgIpc) is 2.89. The summed E-state index contributed by atoms with van der Waals surface area (Å²) in [5, 5.41) is 1.43. The largest absolute Gasteiger partial charge is 0.370 e. The number of halogens is 2. The van der Waals surface area contributed by atoms with Crippen LogP contribution < -0.4 is 0 Å². The monoisotopic (exact) mass is 258 g/mol. The van der Waals surface area contributed by atoms with E-state index in [0.717, 1.165) is 12.8 Å². The molecule has 1 nitrogen and oxygen atoms in total. The maximum Gasteiger partial charge on any atom is 0.0844 e. The van der Waals surface area contributed by atoms with Crippen molar-refractivity contribution in [2.45, 2.75) is 44.8 Å². The van der Waals surface area contributed by atoms with Crippen molar-refractivity contribution in [1.82, 2.24) is 0 Å². The van der Waals surface area contributed by atoms with Crippen molar-refractivity contribution in [3.05, 3.63) is 33.8 Å². The highest BCUT2D eigenvalue weighted by Crippen LogP contribution is 2.36. The van der Waals surface area contributed by atoms with Crippen molar-refractivity contribution in [2.75, 3.05) is 0 Å². The molecule has 0 aliphatic carbocycles. The third-order valence-electron chi connectivity index (χ3n) is 3.20. The Morgan fingerprint density at radius 1 is 1.25 bits per heavy atom. The lowest BCUT2D eigenvalue weighted by molar-refractivity contribution is 0.357. The van der Waals surface area contributed by atoms with Gasteiger partial charge in [-0.15, -0.1) is 0 Å². The summed E-state index contributed by atoms with van der Waals surface area (Å²) in [6.07, 6.45) is 2.99. The number of benzene rings is 1. The SMILES string of the molecule is CCC(CC1OC1C)c1cc(Cl)cc(Cl)c1. The van der Waals surface area contributed by atoms with Crippen molar-refractivity contribution in [3.63, 3.8) is 0 Å². The van der Waals surface area contributed by atoms with Gasteiger partial charge in [0.25, 0.3) is 0 Å². The second kappa shape index (κ2) is 4.95. The Morgan fingerprint density at radius 2 is 1.81 bits per heavy atom. The van der Waals surface area contributed by atoms with Gasteiger partial charge in [0.15, 0.2) is 0 Å². The van der Waals surface area contributed by atoms with Crippen molar-refractivity contribution in [3.8, 4) is 0 Å². The van der Waals surface area contributed by atoms with Crippen molar-refractivity contribution >= 4 is 23.2 Å². The molecule has 0 bridgehead atoms. The summed E-state index contributed by atoms with van der Waals surface area (Å²) in [4.78, 5) is 0. The summed E-state index contributed by atoms with van der Waals surface area (Å²) < 4.78 is 5.47. The van der Waals surface area contributed by atoms with Gasteiger partial charge in [0, 0.05) is 10.0 Å². The molecule has 1 aliphatic heterocycles. The molecule has 3 atom stereocenters. The van der Waals surface area contributed by atoms with E-state index >= 15 is 0 Å². The van der Waals surface area contributed by atoms with E-state index in [1.807, 2.05) is 12.1 Å². The number of ether oxygens (including phenoxy) is 1. The van der Waals surface area contributed by atoms with Crippen LogP contribution in [0, 0.1) is 0 Å². The average molecular weight is 259 g/mol. The molecule has 1 fully saturated rings. The van der Waals surface area contributed by atoms with E-state index in [0.29, 0.717) is 28.2 Å². The Hall–Kier alpha value is -0.240. The smallest absolute Gasteiger partial charge is 0.0844 e. The second-order valence-electron chi connectivity index (χ2n) is 4.42. The summed E-state index contributed by atoms with van der Waals surface area (Å²) in [6, 6.07) is 5.79. The minimum Gasteiger partial charge on any atom is -0.370 e. The maximum absolute atomic E-state index is 6.02. The Balaban J connectivity index is 2.12. The van der Waals surface area contributed by atoms with Gasteiger partial charge in [0.05, 0.1) is 12.2 Å². The van der Waals surface area contributed by atoms with Crippen molar-refractivity contribution < 1.29 is 4.74 Å². The molecule has 3 unspecified atom stereocenters. The number of epoxide rings is 1. The zero-order valence-corrected chi connectivity index (χ0v) is 11.1. The molecule has 0 N–H and O–H groups in total. The molecule has 0 radical (unpaired) electrons. The summed E-state index contributed by atoms with van der Waals surface area (Å²) in [5.74, 6) is 0.492. The summed E-state index contributed by atoms with van der Waals surface area (Å²) >= 11 is 12.0. The molecule has 1 saturated heterocycles. The first-order valence-corrected chi connectivity index (χ1v) is 6.47. The van der Waals surface area contributed by atoms with E-state index in [1.54, 1.807) is 6.07 Å². The Labute approximate surface area is 107 Å². The molecule has 1 aromatic carbocycles. The van der Waals surface area contributed by atoms with Gasteiger partial charge in [-0.25, -0.2) is 0 Å². The molecule has 1 aliphatic rings. The fraction of sp³-hybridized carbons (Fsp3) is 0.538. The van der Waals surface area contributed by atoms with Gasteiger partial charge in [0.2, 0.25) is 0 Å². The highest BCUT2D eigenvalue weighted by Gasteiger charge is 2.35. The first-order chi connectivity index (χ1) is 7.60. The first kappa shape index (κ1) is 12.2. The van der Waals surface area contributed by atoms with Crippen LogP contribution in [0.3, 0.4) is 0 Å². The lowest BCUT2D eigenvalue weighted by atomic mass is 9.91. The van der Waals surface area contributed by atoms with Gasteiger partial charge in [-0.2, -0.15) is 0 Å². The lowest BCUT2D eigenvalue weighted by Crippen LogP contribution is -2.03. The molecular weight excluding hydrogens is 243 g/mol. The number of hydrogen-bond acceptors (Lipinski definition) is 1. The fourth-order valence-electron chi connectivity index (χ4n) is 2.11. The second-order valence-corrected chi connectivity index (χ2v) is 5.30. The zero-order valence-electron chi connectivity index (χ0n) is 9.54. The molecule has 0 amide bonds. The zero-order chi connectivity index (χ0) is 11.7. The van der Waals surface area contributed by atoms with Crippen LogP contribution in [0.5, 0.6) is 0 Å². The van der Waals surface area contributed by atoms with Gasteiger partial charge in [-0.3, -0.25) is 0 Å². The van der Waals surface area contributed by atoms with Gasteiger partial charge >= 0.3 is 0 Å². The minimum atomic E-state index is 0.419. The fourth-order valence-corrected chi connectivity index (χ4v) is 2.65. The third-order valence-corrected chi connectivity index (χ3v) is 3.64. The molecule has 16 heavy (non-hydrogen) atoms. The van der Waals surface area contributed by atoms with Gasteiger partial charge in [-0.05, 0) is 49.4 Å². The van der Waals surface area contributed by atoms with E-state index in [9.17, 15) is 0 Å². The molecule has 0 saturated carbocycles. The van der Waals surface area contributed by atoms with Crippen LogP contribution in [0.2, 0.25) is 10.0 Å². The van der Waals surface area contributed by atoms with Crippen molar-refractivity contribution in [1.29, 1.82) is 0 Å². The van der Waals surface area contributed by atoms with Gasteiger partial charge in [-0.1, -0.05) is 30.1 Å². The summed E-state index contributed by atoms with van der Waals surface area (Å²) in [7, 11) is 0. The normalized spacial score (nSPS) is 25.5. The number of hydrogen-bond donors (Lipinski definition) is 0. The van der Waals surface area contributed by atoms with E-state index in [1.165, 1.54) is 5.56 Å². The molecule has 3 heteroatoms. The highest BCUT2D eigenvalue weighted by atomic mass is 35.5. The van der Waals surface area contributed by atoms with Crippen LogP contribution in [-0.4, -0.2) is 12.2 Å². The van der Waals surface area contributed by atoms with Gasteiger partial charge in [0.1, 0.15) is 0 Å². The Morgan fingerprint density at radius 3 is 2.25 bits per heavy atom. The summed E-state index contributed by atoms with van der Waals surface area (Å²) in [5.41, 5.74) is 1.22. The van der Waals surface area contributed by atoms with Crippen LogP contribution in [0.25, 0.3) is 0 Å². The molecule has 1 aromatic rings. The van der Waals surface area contributed by atoms with Crippen LogP contribution in [-0.2, 0) is 4.74 Å².